The van der Waals surface area contributed by atoms with Crippen LogP contribution >= 0.6 is 11.3 Å². The number of nitrogens with two attached hydrogens (primary N) is 1. The van der Waals surface area contributed by atoms with Gasteiger partial charge in [0, 0.05) is 24.1 Å². The molecule has 13 nitrogen and oxygen atoms in total. The van der Waals surface area contributed by atoms with Crippen LogP contribution in [0.25, 0.3) is 22.3 Å². The van der Waals surface area contributed by atoms with Gasteiger partial charge >= 0.3 is 12.1 Å². The molecule has 2 heterocycles. The maximum atomic E-state index is 13.5. The number of nitrogens with one attached hydrogen (secondary N) is 1. The molecule has 16 heteroatoms. The summed E-state index contributed by atoms with van der Waals surface area (Å²) in [5, 5.41) is 10.0. The van der Waals surface area contributed by atoms with Crippen molar-refractivity contribution in [3.63, 3.8) is 0 Å². The van der Waals surface area contributed by atoms with Crippen LogP contribution in [-0.4, -0.2) is 56.5 Å². The van der Waals surface area contributed by atoms with Gasteiger partial charge in [-0.05, 0) is 30.3 Å². The third-order valence-electron chi connectivity index (χ3n) is 5.08. The Kier molecular flexibility index (Phi) is 7.27. The second kappa shape index (κ2) is 10.4. The zero-order valence-corrected chi connectivity index (χ0v) is 21.3. The number of fused-ring (bicyclic) bond motifs is 1. The monoisotopic (exact) mass is 563 g/mol. The number of nitrogens with zero attached hydrogens (tertiary/aromatic N) is 3. The van der Waals surface area contributed by atoms with Crippen molar-refractivity contribution in [2.24, 2.45) is 5.73 Å². The van der Waals surface area contributed by atoms with Crippen molar-refractivity contribution in [3.05, 3.63) is 53.3 Å². The van der Waals surface area contributed by atoms with Crippen LogP contribution in [0.3, 0.4) is 0 Å². The molecule has 4 rings (SSSR count). The Morgan fingerprint density at radius 2 is 1.92 bits per heavy atom. The van der Waals surface area contributed by atoms with Crippen LogP contribution < -0.4 is 20.1 Å². The van der Waals surface area contributed by atoms with E-state index in [1.807, 2.05) is 0 Å². The maximum absolute atomic E-state index is 13.5. The van der Waals surface area contributed by atoms with Crippen molar-refractivity contribution in [3.8, 4) is 17.1 Å². The van der Waals surface area contributed by atoms with Gasteiger partial charge in [-0.3, -0.25) is 14.4 Å². The van der Waals surface area contributed by atoms with Gasteiger partial charge in [-0.15, -0.1) is 10.2 Å². The summed E-state index contributed by atoms with van der Waals surface area (Å²) in [7, 11) is -2.57. The molecule has 3 N–H and O–H groups in total. The predicted octanol–water partition coefficient (Wildman–Crippen LogP) is 2.74. The van der Waals surface area contributed by atoms with Gasteiger partial charge in [0.15, 0.2) is 6.61 Å². The molecule has 0 atom stereocenters. The molecule has 198 valence electrons. The molecule has 0 aliphatic heterocycles. The maximum Gasteiger partial charge on any atom is 0.412 e. The lowest BCUT2D eigenvalue weighted by atomic mass is 10.0. The number of hydrogen-bond acceptors (Lipinski definition) is 11. The SMILES string of the molecule is CN(c1cc2oc(-c3ccc(F)cc3)c(C(=O)OC(N)=O)c2cc1OCC(=O)Nc1nncs1)S(C)(=O)=O. The smallest absolute Gasteiger partial charge is 0.412 e. The van der Waals surface area contributed by atoms with E-state index >= 15 is 0 Å². The van der Waals surface area contributed by atoms with Crippen LogP contribution in [0.4, 0.5) is 20.0 Å². The number of anilines is 2. The highest BCUT2D eigenvalue weighted by Crippen LogP contribution is 2.41. The third-order valence-corrected chi connectivity index (χ3v) is 6.87. The average molecular weight is 564 g/mol. The summed E-state index contributed by atoms with van der Waals surface area (Å²) in [5.41, 5.74) is 6.38. The Bertz CT molecular complexity index is 1640. The van der Waals surface area contributed by atoms with E-state index in [1.54, 1.807) is 0 Å². The molecule has 2 aromatic heterocycles. The van der Waals surface area contributed by atoms with Crippen LogP contribution in [0.15, 0.2) is 46.3 Å². The molecule has 2 amide bonds. The molecule has 0 saturated carbocycles. The number of ether oxygens (including phenoxy) is 2. The highest BCUT2D eigenvalue weighted by atomic mass is 32.2. The zero-order chi connectivity index (χ0) is 27.6. The first-order valence-electron chi connectivity index (χ1n) is 10.4. The van der Waals surface area contributed by atoms with Gasteiger partial charge in [0.1, 0.15) is 34.0 Å². The number of benzene rings is 2. The van der Waals surface area contributed by atoms with E-state index in [-0.39, 0.29) is 44.4 Å². The Hall–Kier alpha value is -4.57. The lowest BCUT2D eigenvalue weighted by molar-refractivity contribution is -0.118. The van der Waals surface area contributed by atoms with Crippen LogP contribution in [-0.2, 0) is 19.6 Å². The van der Waals surface area contributed by atoms with E-state index in [0.29, 0.717) is 0 Å². The summed E-state index contributed by atoms with van der Waals surface area (Å²) < 4.78 is 55.0. The summed E-state index contributed by atoms with van der Waals surface area (Å²) >= 11 is 1.08. The van der Waals surface area contributed by atoms with Crippen LogP contribution in [0.1, 0.15) is 10.4 Å². The van der Waals surface area contributed by atoms with Gasteiger partial charge in [-0.1, -0.05) is 11.3 Å². The molecular formula is C22H18FN5O8S2. The Labute approximate surface area is 218 Å². The largest absolute Gasteiger partial charge is 0.482 e. The predicted molar refractivity (Wildman–Crippen MR) is 134 cm³/mol. The number of halogens is 1. The van der Waals surface area contributed by atoms with Crippen LogP contribution in [0.2, 0.25) is 0 Å². The topological polar surface area (TPSA) is 184 Å². The molecular weight excluding hydrogens is 545 g/mol. The molecule has 2 aromatic carbocycles. The number of furan rings is 1. The third kappa shape index (κ3) is 5.70. The second-order valence-corrected chi connectivity index (χ2v) is 10.5. The van der Waals surface area contributed by atoms with Crippen molar-refractivity contribution in [1.29, 1.82) is 0 Å². The van der Waals surface area contributed by atoms with Gasteiger partial charge in [0.2, 0.25) is 15.2 Å². The Morgan fingerprint density at radius 1 is 1.21 bits per heavy atom. The summed E-state index contributed by atoms with van der Waals surface area (Å²) in [6.45, 7) is -0.570. The van der Waals surface area contributed by atoms with E-state index in [2.05, 4.69) is 20.3 Å². The van der Waals surface area contributed by atoms with E-state index in [1.165, 1.54) is 36.8 Å². The van der Waals surface area contributed by atoms with Crippen molar-refractivity contribution in [2.75, 3.05) is 29.5 Å². The fourth-order valence-corrected chi connectivity index (χ4v) is 4.29. The van der Waals surface area contributed by atoms with E-state index in [9.17, 15) is 27.2 Å². The van der Waals surface area contributed by atoms with Gasteiger partial charge in [-0.2, -0.15) is 0 Å². The highest BCUT2D eigenvalue weighted by molar-refractivity contribution is 7.92. The number of sulfonamides is 1. The summed E-state index contributed by atoms with van der Waals surface area (Å²) in [5.74, 6) is -2.59. The summed E-state index contributed by atoms with van der Waals surface area (Å²) in [6.07, 6.45) is -0.433. The minimum atomic E-state index is -3.82. The van der Waals surface area contributed by atoms with E-state index in [0.717, 1.165) is 34.0 Å². The molecule has 4 aromatic rings. The molecule has 0 bridgehead atoms. The van der Waals surface area contributed by atoms with Crippen molar-refractivity contribution in [2.45, 2.75) is 0 Å². The molecule has 0 fully saturated rings. The second-order valence-electron chi connectivity index (χ2n) is 7.65. The number of aromatic nitrogens is 2. The van der Waals surface area contributed by atoms with Gasteiger partial charge < -0.3 is 19.6 Å². The van der Waals surface area contributed by atoms with Gasteiger partial charge in [-0.25, -0.2) is 22.4 Å². The Balaban J connectivity index is 1.85. The van der Waals surface area contributed by atoms with E-state index < -0.39 is 40.4 Å². The number of carbonyl (C=O) groups is 3. The minimum Gasteiger partial charge on any atom is -0.482 e. The summed E-state index contributed by atoms with van der Waals surface area (Å²) in [6, 6.07) is 7.42. The summed E-state index contributed by atoms with van der Waals surface area (Å²) in [4.78, 5) is 36.5. The first-order chi connectivity index (χ1) is 17.9. The van der Waals surface area contributed by atoms with Gasteiger partial charge in [0.25, 0.3) is 5.91 Å². The molecule has 0 aliphatic rings. The molecule has 0 spiro atoms. The average Bonchev–Trinajstić information content (AvgIpc) is 3.48. The molecule has 0 saturated heterocycles. The van der Waals surface area contributed by atoms with Crippen LogP contribution in [0, 0.1) is 5.82 Å². The number of hydrogen-bond donors (Lipinski definition) is 2. The van der Waals surface area contributed by atoms with Crippen molar-refractivity contribution >= 4 is 61.1 Å². The fourth-order valence-electron chi connectivity index (χ4n) is 3.33. The fraction of sp³-hybridized carbons (Fsp3) is 0.136. The first-order valence-corrected chi connectivity index (χ1v) is 13.2. The van der Waals surface area contributed by atoms with Crippen molar-refractivity contribution < 1.29 is 41.1 Å². The van der Waals surface area contributed by atoms with Crippen LogP contribution in [0.5, 0.6) is 5.75 Å². The lowest BCUT2D eigenvalue weighted by Crippen LogP contribution is -2.26. The Morgan fingerprint density at radius 3 is 2.53 bits per heavy atom. The first kappa shape index (κ1) is 26.5. The van der Waals surface area contributed by atoms with E-state index in [4.69, 9.17) is 14.9 Å². The van der Waals surface area contributed by atoms with Gasteiger partial charge in [0.05, 0.1) is 11.9 Å². The quantitative estimate of drug-likeness (QED) is 0.239. The number of primary amides is 1. The molecule has 0 unspecified atom stereocenters. The standard InChI is InChI=1S/C22H18FN5O8S2/c1-28(38(2,32)33)14-8-15-13(7-16(14)34-9-17(29)26-22-27-25-10-37-22)18(20(30)36-21(24)31)19(35-15)11-3-5-12(23)6-4-11/h3-8,10H,9H2,1-2H3,(H2,24,31)(H,26,27,29). The lowest BCUT2D eigenvalue weighted by Gasteiger charge is -2.20. The zero-order valence-electron chi connectivity index (χ0n) is 19.6. The van der Waals surface area contributed by atoms with Crippen molar-refractivity contribution in [1.82, 2.24) is 10.2 Å². The minimum absolute atomic E-state index is 0.00286. The molecule has 0 aliphatic carbocycles. The molecule has 38 heavy (non-hydrogen) atoms. The number of carbonyl (C=O) groups excluding carboxylic acids is 3. The number of amides is 2. The normalized spacial score (nSPS) is 11.2. The molecule has 0 radical (unpaired) electrons. The number of esters is 1. The number of rotatable bonds is 8. The highest BCUT2D eigenvalue weighted by Gasteiger charge is 2.28.